The van der Waals surface area contributed by atoms with Crippen LogP contribution in [0.25, 0.3) is 10.2 Å². The lowest BCUT2D eigenvalue weighted by Gasteiger charge is -2.32. The summed E-state index contributed by atoms with van der Waals surface area (Å²) < 4.78 is 87.4. The number of amides is 1. The maximum atomic E-state index is 14.3. The van der Waals surface area contributed by atoms with Crippen molar-refractivity contribution in [2.45, 2.75) is 24.3 Å². The van der Waals surface area contributed by atoms with Crippen LogP contribution in [0.15, 0.2) is 58.0 Å². The van der Waals surface area contributed by atoms with Gasteiger partial charge in [0.1, 0.15) is 17.1 Å². The van der Waals surface area contributed by atoms with Crippen molar-refractivity contribution in [3.63, 3.8) is 0 Å². The minimum Gasteiger partial charge on any atom is -0.467 e. The quantitative estimate of drug-likeness (QED) is 0.311. The number of sulfonamides is 1. The van der Waals surface area contributed by atoms with Crippen LogP contribution in [-0.2, 0) is 21.4 Å². The van der Waals surface area contributed by atoms with Crippen molar-refractivity contribution in [3.8, 4) is 0 Å². The van der Waals surface area contributed by atoms with Gasteiger partial charge in [-0.1, -0.05) is 11.3 Å². The summed E-state index contributed by atoms with van der Waals surface area (Å²) in [6.07, 6.45) is 1.75. The number of hydrogen-bond donors (Lipinski definition) is 0. The van der Waals surface area contributed by atoms with Crippen molar-refractivity contribution in [2.24, 2.45) is 5.92 Å². The summed E-state index contributed by atoms with van der Waals surface area (Å²) >= 11 is 0.952. The van der Waals surface area contributed by atoms with Crippen molar-refractivity contribution >= 4 is 42.6 Å². The Labute approximate surface area is 213 Å². The van der Waals surface area contributed by atoms with Crippen molar-refractivity contribution in [1.82, 2.24) is 9.29 Å². The van der Waals surface area contributed by atoms with Crippen LogP contribution in [0.3, 0.4) is 0 Å². The Morgan fingerprint density at radius 3 is 2.49 bits per heavy atom. The van der Waals surface area contributed by atoms with Gasteiger partial charge in [-0.3, -0.25) is 9.69 Å². The molecule has 2 aromatic heterocycles. The highest BCUT2D eigenvalue weighted by Crippen LogP contribution is 2.34. The summed E-state index contributed by atoms with van der Waals surface area (Å²) in [5, 5.41) is 0.151. The molecule has 0 N–H and O–H groups in total. The van der Waals surface area contributed by atoms with Crippen LogP contribution < -0.4 is 4.90 Å². The lowest BCUT2D eigenvalue weighted by molar-refractivity contribution is -0.123. The van der Waals surface area contributed by atoms with Gasteiger partial charge < -0.3 is 4.42 Å². The molecule has 4 aromatic rings. The molecular formula is C24H19F4N3O4S2. The predicted octanol–water partition coefficient (Wildman–Crippen LogP) is 5.08. The normalized spacial score (nSPS) is 15.4. The number of halogens is 4. The third kappa shape index (κ3) is 4.98. The summed E-state index contributed by atoms with van der Waals surface area (Å²) in [6.45, 7) is -0.0544. The third-order valence-corrected chi connectivity index (χ3v) is 9.04. The molecule has 1 fully saturated rings. The number of carbonyl (C=O) groups is 1. The molecule has 1 aliphatic rings. The van der Waals surface area contributed by atoms with E-state index in [2.05, 4.69) is 4.98 Å². The molecule has 0 unspecified atom stereocenters. The number of furan rings is 1. The first-order valence-corrected chi connectivity index (χ1v) is 13.4. The van der Waals surface area contributed by atoms with Crippen LogP contribution in [0.1, 0.15) is 18.6 Å². The van der Waals surface area contributed by atoms with E-state index in [9.17, 15) is 30.8 Å². The second kappa shape index (κ2) is 9.88. The Bertz CT molecular complexity index is 1570. The third-order valence-electron chi connectivity index (χ3n) is 6.12. The predicted molar refractivity (Wildman–Crippen MR) is 127 cm³/mol. The van der Waals surface area contributed by atoms with Crippen molar-refractivity contribution in [2.75, 3.05) is 18.0 Å². The zero-order valence-electron chi connectivity index (χ0n) is 19.0. The molecule has 0 spiro atoms. The zero-order chi connectivity index (χ0) is 26.3. The van der Waals surface area contributed by atoms with E-state index in [1.165, 1.54) is 11.2 Å². The van der Waals surface area contributed by atoms with Crippen LogP contribution >= 0.6 is 11.3 Å². The summed E-state index contributed by atoms with van der Waals surface area (Å²) in [7, 11) is -4.09. The number of piperidine rings is 1. The number of nitrogens with zero attached hydrogens (tertiary/aromatic N) is 3. The first kappa shape index (κ1) is 25.4. The van der Waals surface area contributed by atoms with Crippen molar-refractivity contribution < 1.29 is 35.2 Å². The Hall–Kier alpha value is -3.29. The largest absolute Gasteiger partial charge is 0.467 e. The van der Waals surface area contributed by atoms with Gasteiger partial charge >= 0.3 is 0 Å². The molecule has 1 aliphatic heterocycles. The maximum absolute atomic E-state index is 14.3. The van der Waals surface area contributed by atoms with E-state index < -0.39 is 39.2 Å². The fourth-order valence-electron chi connectivity index (χ4n) is 4.21. The Morgan fingerprint density at radius 1 is 1.05 bits per heavy atom. The second-order valence-electron chi connectivity index (χ2n) is 8.49. The molecule has 0 atom stereocenters. The molecule has 1 saturated heterocycles. The average molecular weight is 554 g/mol. The first-order chi connectivity index (χ1) is 17.6. The summed E-state index contributed by atoms with van der Waals surface area (Å²) in [6, 6.07) is 7.52. The molecule has 13 heteroatoms. The Kier molecular flexibility index (Phi) is 6.77. The monoisotopic (exact) mass is 553 g/mol. The first-order valence-electron chi connectivity index (χ1n) is 11.2. The molecule has 194 valence electrons. The van der Waals surface area contributed by atoms with Gasteiger partial charge in [0.15, 0.2) is 22.6 Å². The fraction of sp³-hybridized carbons (Fsp3) is 0.250. The Balaban J connectivity index is 1.37. The van der Waals surface area contributed by atoms with Gasteiger partial charge in [0.05, 0.1) is 22.4 Å². The number of thiazole rings is 1. The molecule has 5 rings (SSSR count). The molecule has 7 nitrogen and oxygen atoms in total. The van der Waals surface area contributed by atoms with Crippen LogP contribution in [0.5, 0.6) is 0 Å². The lowest BCUT2D eigenvalue weighted by atomic mass is 9.96. The molecular weight excluding hydrogens is 534 g/mol. The van der Waals surface area contributed by atoms with E-state index >= 15 is 0 Å². The summed E-state index contributed by atoms with van der Waals surface area (Å²) in [5.41, 5.74) is -0.0638. The number of aromatic nitrogens is 1. The summed E-state index contributed by atoms with van der Waals surface area (Å²) in [4.78, 5) is 18.8. The molecule has 0 aliphatic carbocycles. The number of hydrogen-bond acceptors (Lipinski definition) is 6. The number of benzene rings is 2. The van der Waals surface area contributed by atoms with E-state index in [0.717, 1.165) is 33.8 Å². The van der Waals surface area contributed by atoms with Crippen LogP contribution in [0.2, 0.25) is 0 Å². The smallest absolute Gasteiger partial charge is 0.243 e. The average Bonchev–Trinajstić information content (AvgIpc) is 3.54. The molecule has 0 bridgehead atoms. The highest BCUT2D eigenvalue weighted by molar-refractivity contribution is 7.89. The SMILES string of the molecule is O=C(C1CCN(S(=O)(=O)c2ccc(F)c(F)c2)CC1)N(Cc1ccco1)c1nc2c(F)cc(F)cc2s1. The lowest BCUT2D eigenvalue weighted by Crippen LogP contribution is -2.44. The highest BCUT2D eigenvalue weighted by Gasteiger charge is 2.35. The number of carbonyl (C=O) groups excluding carboxylic acids is 1. The molecule has 1 amide bonds. The number of anilines is 1. The van der Waals surface area contributed by atoms with Gasteiger partial charge in [-0.25, -0.2) is 31.0 Å². The van der Waals surface area contributed by atoms with Crippen molar-refractivity contribution in [1.29, 1.82) is 0 Å². The Morgan fingerprint density at radius 2 is 1.81 bits per heavy atom. The molecule has 2 aromatic carbocycles. The van der Waals surface area contributed by atoms with E-state index in [-0.39, 0.29) is 58.6 Å². The van der Waals surface area contributed by atoms with E-state index in [0.29, 0.717) is 17.9 Å². The zero-order valence-corrected chi connectivity index (χ0v) is 20.7. The summed E-state index contributed by atoms with van der Waals surface area (Å²) in [5.74, 6) is -4.57. The molecule has 0 radical (unpaired) electrons. The van der Waals surface area contributed by atoms with Crippen LogP contribution in [0, 0.1) is 29.2 Å². The van der Waals surface area contributed by atoms with Crippen LogP contribution in [-0.4, -0.2) is 36.7 Å². The standard InChI is InChI=1S/C24H19F4N3O4S2/c25-15-10-20(28)22-21(11-15)36-24(29-22)31(13-16-2-1-9-35-16)23(32)14-5-7-30(8-6-14)37(33,34)17-3-4-18(26)19(27)12-17/h1-4,9-12,14H,5-8,13H2. The van der Waals surface area contributed by atoms with Gasteiger partial charge in [-0.2, -0.15) is 4.31 Å². The van der Waals surface area contributed by atoms with Gasteiger partial charge in [0, 0.05) is 25.1 Å². The minimum absolute atomic E-state index is 0.0108. The maximum Gasteiger partial charge on any atom is 0.243 e. The van der Waals surface area contributed by atoms with Gasteiger partial charge in [-0.05, 0) is 49.2 Å². The van der Waals surface area contributed by atoms with Gasteiger partial charge in [-0.15, -0.1) is 0 Å². The molecule has 3 heterocycles. The fourth-order valence-corrected chi connectivity index (χ4v) is 6.70. The minimum atomic E-state index is -4.09. The van der Waals surface area contributed by atoms with E-state index in [1.807, 2.05) is 0 Å². The van der Waals surface area contributed by atoms with Gasteiger partial charge in [0.25, 0.3) is 0 Å². The topological polar surface area (TPSA) is 83.7 Å². The molecule has 37 heavy (non-hydrogen) atoms. The van der Waals surface area contributed by atoms with E-state index in [1.54, 1.807) is 12.1 Å². The van der Waals surface area contributed by atoms with Crippen LogP contribution in [0.4, 0.5) is 22.7 Å². The second-order valence-corrected chi connectivity index (χ2v) is 11.4. The van der Waals surface area contributed by atoms with E-state index in [4.69, 9.17) is 4.42 Å². The highest BCUT2D eigenvalue weighted by atomic mass is 32.2. The number of rotatable bonds is 6. The number of fused-ring (bicyclic) bond motifs is 1. The van der Waals surface area contributed by atoms with Crippen molar-refractivity contribution in [3.05, 3.63) is 77.8 Å². The molecule has 0 saturated carbocycles. The van der Waals surface area contributed by atoms with Gasteiger partial charge in [0.2, 0.25) is 15.9 Å².